The van der Waals surface area contributed by atoms with Crippen molar-refractivity contribution in [2.24, 2.45) is 5.73 Å². The Morgan fingerprint density at radius 3 is 2.95 bits per heavy atom. The molecule has 0 aromatic heterocycles. The highest BCUT2D eigenvalue weighted by molar-refractivity contribution is 5.60. The molecule has 1 fully saturated rings. The number of nitrogens with zero attached hydrogens (tertiary/aromatic N) is 3. The summed E-state index contributed by atoms with van der Waals surface area (Å²) >= 11 is 0. The molecule has 6 heteroatoms. The highest BCUT2D eigenvalue weighted by Gasteiger charge is 2.23. The summed E-state index contributed by atoms with van der Waals surface area (Å²) in [7, 11) is 0. The maximum atomic E-state index is 10.8. The molecule has 1 unspecified atom stereocenters. The van der Waals surface area contributed by atoms with Crippen LogP contribution in [0.5, 0.6) is 0 Å². The Morgan fingerprint density at radius 1 is 1.53 bits per heavy atom. The molecule has 1 aliphatic rings. The first-order chi connectivity index (χ1) is 9.17. The second kappa shape index (κ2) is 5.67. The lowest BCUT2D eigenvalue weighted by Crippen LogP contribution is -2.44. The average Bonchev–Trinajstić information content (AvgIpc) is 2.46. The van der Waals surface area contributed by atoms with Crippen LogP contribution >= 0.6 is 0 Å². The molecule has 2 rings (SSSR count). The molecular formula is C13H16N4O2. The van der Waals surface area contributed by atoms with Crippen molar-refractivity contribution in [1.82, 2.24) is 0 Å². The van der Waals surface area contributed by atoms with Crippen molar-refractivity contribution < 1.29 is 4.92 Å². The van der Waals surface area contributed by atoms with Gasteiger partial charge < -0.3 is 10.6 Å². The summed E-state index contributed by atoms with van der Waals surface area (Å²) in [6.45, 7) is 1.43. The van der Waals surface area contributed by atoms with E-state index in [2.05, 4.69) is 4.90 Å². The van der Waals surface area contributed by atoms with Gasteiger partial charge in [0.05, 0.1) is 4.92 Å². The lowest BCUT2D eigenvalue weighted by atomic mass is 10.0. The van der Waals surface area contributed by atoms with Gasteiger partial charge in [0, 0.05) is 30.9 Å². The fourth-order valence-electron chi connectivity index (χ4n) is 2.54. The molecule has 0 aliphatic carbocycles. The number of anilines is 1. The smallest absolute Gasteiger partial charge is 0.287 e. The van der Waals surface area contributed by atoms with Crippen LogP contribution in [0.15, 0.2) is 18.2 Å². The highest BCUT2D eigenvalue weighted by atomic mass is 16.6. The van der Waals surface area contributed by atoms with Gasteiger partial charge in [-0.1, -0.05) is 0 Å². The number of nitro groups is 1. The molecule has 1 aromatic rings. The molecule has 1 heterocycles. The SMILES string of the molecule is N#Cc1cc(N2CCCCC2CN)ccc1[N+](=O)[O-]. The summed E-state index contributed by atoms with van der Waals surface area (Å²) in [6.07, 6.45) is 3.25. The monoisotopic (exact) mass is 260 g/mol. The first kappa shape index (κ1) is 13.3. The molecule has 19 heavy (non-hydrogen) atoms. The van der Waals surface area contributed by atoms with Crippen LogP contribution in [0, 0.1) is 21.4 Å². The van der Waals surface area contributed by atoms with E-state index in [0.29, 0.717) is 6.54 Å². The summed E-state index contributed by atoms with van der Waals surface area (Å²) in [4.78, 5) is 12.4. The third-order valence-electron chi connectivity index (χ3n) is 3.53. The minimum Gasteiger partial charge on any atom is -0.367 e. The first-order valence-corrected chi connectivity index (χ1v) is 6.32. The van der Waals surface area contributed by atoms with Crippen molar-refractivity contribution in [3.63, 3.8) is 0 Å². The minimum atomic E-state index is -0.529. The summed E-state index contributed by atoms with van der Waals surface area (Å²) < 4.78 is 0. The van der Waals surface area contributed by atoms with Crippen LogP contribution in [0.3, 0.4) is 0 Å². The summed E-state index contributed by atoms with van der Waals surface area (Å²) in [5, 5.41) is 19.8. The van der Waals surface area contributed by atoms with E-state index in [1.807, 2.05) is 6.07 Å². The fourth-order valence-corrected chi connectivity index (χ4v) is 2.54. The molecule has 0 saturated carbocycles. The average molecular weight is 260 g/mol. The molecule has 0 spiro atoms. The highest BCUT2D eigenvalue weighted by Crippen LogP contribution is 2.28. The lowest BCUT2D eigenvalue weighted by Gasteiger charge is -2.37. The molecule has 2 N–H and O–H groups in total. The van der Waals surface area contributed by atoms with Gasteiger partial charge in [0.1, 0.15) is 11.6 Å². The molecule has 1 saturated heterocycles. The predicted octanol–water partition coefficient (Wildman–Crippen LogP) is 1.78. The van der Waals surface area contributed by atoms with Gasteiger partial charge in [0.25, 0.3) is 5.69 Å². The minimum absolute atomic E-state index is 0.101. The maximum Gasteiger partial charge on any atom is 0.287 e. The van der Waals surface area contributed by atoms with Gasteiger partial charge in [-0.15, -0.1) is 0 Å². The zero-order valence-electron chi connectivity index (χ0n) is 10.6. The van der Waals surface area contributed by atoms with Gasteiger partial charge in [-0.2, -0.15) is 5.26 Å². The van der Waals surface area contributed by atoms with Crippen LogP contribution in [0.1, 0.15) is 24.8 Å². The Kier molecular flexibility index (Phi) is 3.97. The van der Waals surface area contributed by atoms with E-state index in [4.69, 9.17) is 11.0 Å². The van der Waals surface area contributed by atoms with Gasteiger partial charge in [-0.25, -0.2) is 0 Å². The van der Waals surface area contributed by atoms with E-state index in [1.54, 1.807) is 12.1 Å². The van der Waals surface area contributed by atoms with E-state index in [-0.39, 0.29) is 17.3 Å². The van der Waals surface area contributed by atoms with Crippen LogP contribution in [-0.4, -0.2) is 24.1 Å². The number of hydrogen-bond acceptors (Lipinski definition) is 5. The Hall–Kier alpha value is -2.13. The third-order valence-corrected chi connectivity index (χ3v) is 3.53. The van der Waals surface area contributed by atoms with E-state index in [0.717, 1.165) is 31.5 Å². The van der Waals surface area contributed by atoms with Crippen LogP contribution in [0.4, 0.5) is 11.4 Å². The van der Waals surface area contributed by atoms with E-state index in [1.165, 1.54) is 6.07 Å². The molecule has 1 atom stereocenters. The molecular weight excluding hydrogens is 244 g/mol. The quantitative estimate of drug-likeness (QED) is 0.660. The summed E-state index contributed by atoms with van der Waals surface area (Å²) in [6, 6.07) is 6.83. The Labute approximate surface area is 111 Å². The zero-order valence-corrected chi connectivity index (χ0v) is 10.6. The number of rotatable bonds is 3. The van der Waals surface area contributed by atoms with Crippen molar-refractivity contribution in [2.45, 2.75) is 25.3 Å². The molecule has 0 bridgehead atoms. The van der Waals surface area contributed by atoms with E-state index >= 15 is 0 Å². The largest absolute Gasteiger partial charge is 0.367 e. The van der Waals surface area contributed by atoms with Gasteiger partial charge in [0.15, 0.2) is 0 Å². The second-order valence-corrected chi connectivity index (χ2v) is 4.65. The molecule has 0 amide bonds. The standard InChI is InChI=1S/C13H16N4O2/c14-8-10-7-11(4-5-13(10)17(18)19)16-6-2-1-3-12(16)9-15/h4-5,7,12H,1-3,6,9,15H2. The number of piperidine rings is 1. The second-order valence-electron chi connectivity index (χ2n) is 4.65. The number of nitriles is 1. The molecule has 6 nitrogen and oxygen atoms in total. The molecule has 1 aromatic carbocycles. The number of hydrogen-bond donors (Lipinski definition) is 1. The molecule has 1 aliphatic heterocycles. The predicted molar refractivity (Wildman–Crippen MR) is 71.9 cm³/mol. The summed E-state index contributed by atoms with van der Waals surface area (Å²) in [5.74, 6) is 0. The maximum absolute atomic E-state index is 10.8. The van der Waals surface area contributed by atoms with Gasteiger partial charge >= 0.3 is 0 Å². The van der Waals surface area contributed by atoms with E-state index < -0.39 is 4.92 Å². The first-order valence-electron chi connectivity index (χ1n) is 6.32. The van der Waals surface area contributed by atoms with Crippen molar-refractivity contribution >= 4 is 11.4 Å². The van der Waals surface area contributed by atoms with E-state index in [9.17, 15) is 10.1 Å². The Bertz CT molecular complexity index is 524. The van der Waals surface area contributed by atoms with Crippen molar-refractivity contribution in [2.75, 3.05) is 18.0 Å². The van der Waals surface area contributed by atoms with Crippen LogP contribution < -0.4 is 10.6 Å². The van der Waals surface area contributed by atoms with Crippen molar-refractivity contribution in [3.8, 4) is 6.07 Å². The van der Waals surface area contributed by atoms with Gasteiger partial charge in [0.2, 0.25) is 0 Å². The lowest BCUT2D eigenvalue weighted by molar-refractivity contribution is -0.385. The van der Waals surface area contributed by atoms with Crippen LogP contribution in [0.2, 0.25) is 0 Å². The number of nitrogens with two attached hydrogens (primary N) is 1. The Morgan fingerprint density at radius 2 is 2.32 bits per heavy atom. The zero-order chi connectivity index (χ0) is 13.8. The number of nitro benzene ring substituents is 1. The third kappa shape index (κ3) is 2.66. The summed E-state index contributed by atoms with van der Waals surface area (Å²) in [5.41, 5.74) is 6.56. The van der Waals surface area contributed by atoms with Crippen molar-refractivity contribution in [1.29, 1.82) is 5.26 Å². The van der Waals surface area contributed by atoms with Gasteiger partial charge in [-0.3, -0.25) is 10.1 Å². The van der Waals surface area contributed by atoms with Crippen LogP contribution in [0.25, 0.3) is 0 Å². The van der Waals surface area contributed by atoms with Gasteiger partial charge in [-0.05, 0) is 31.4 Å². The normalized spacial score (nSPS) is 18.9. The number of benzene rings is 1. The molecule has 100 valence electrons. The molecule has 0 radical (unpaired) electrons. The van der Waals surface area contributed by atoms with Crippen LogP contribution in [-0.2, 0) is 0 Å². The van der Waals surface area contributed by atoms with Crippen molar-refractivity contribution in [3.05, 3.63) is 33.9 Å². The Balaban J connectivity index is 2.35. The fraction of sp³-hybridized carbons (Fsp3) is 0.462. The topological polar surface area (TPSA) is 96.2 Å².